The van der Waals surface area contributed by atoms with E-state index in [1.165, 1.54) is 0 Å². The van der Waals surface area contributed by atoms with Crippen LogP contribution in [0.1, 0.15) is 19.4 Å². The number of hydrogen-bond acceptors (Lipinski definition) is 3. The minimum Gasteiger partial charge on any atom is -0.398 e. The Balaban J connectivity index is 2.60. The summed E-state index contributed by atoms with van der Waals surface area (Å²) in [5.41, 5.74) is 7.90. The zero-order valence-corrected chi connectivity index (χ0v) is 11.8. The van der Waals surface area contributed by atoms with Crippen molar-refractivity contribution < 1.29 is 9.00 Å². The second kappa shape index (κ2) is 6.54. The van der Waals surface area contributed by atoms with E-state index in [-0.39, 0.29) is 11.7 Å². The van der Waals surface area contributed by atoms with Gasteiger partial charge in [0, 0.05) is 27.9 Å². The van der Waals surface area contributed by atoms with Crippen LogP contribution in [0.15, 0.2) is 18.2 Å². The highest BCUT2D eigenvalue weighted by Crippen LogP contribution is 2.20. The molecule has 0 aliphatic rings. The van der Waals surface area contributed by atoms with Crippen LogP contribution in [0.3, 0.4) is 0 Å². The van der Waals surface area contributed by atoms with E-state index < -0.39 is 10.8 Å². The van der Waals surface area contributed by atoms with E-state index in [2.05, 4.69) is 5.32 Å². The van der Waals surface area contributed by atoms with Crippen LogP contribution in [-0.4, -0.2) is 21.6 Å². The lowest BCUT2D eigenvalue weighted by atomic mass is 10.1. The third-order valence-corrected chi connectivity index (χ3v) is 4.08. The average Bonchev–Trinajstić information content (AvgIpc) is 2.23. The van der Waals surface area contributed by atoms with Crippen LogP contribution in [0.25, 0.3) is 0 Å². The summed E-state index contributed by atoms with van der Waals surface area (Å²) in [7, 11) is -1.11. The van der Waals surface area contributed by atoms with Gasteiger partial charge in [-0.15, -0.1) is 0 Å². The average molecular weight is 268 g/mol. The normalized spacial score (nSPS) is 12.4. The van der Waals surface area contributed by atoms with Gasteiger partial charge in [-0.25, -0.2) is 0 Å². The van der Waals surface area contributed by atoms with E-state index in [0.29, 0.717) is 23.0 Å². The molecule has 1 aromatic carbocycles. The van der Waals surface area contributed by atoms with Crippen LogP contribution < -0.4 is 11.1 Å². The van der Waals surface area contributed by atoms with E-state index in [0.717, 1.165) is 5.56 Å². The highest BCUT2D eigenvalue weighted by atomic mass is 32.2. The van der Waals surface area contributed by atoms with Gasteiger partial charge in [0.2, 0.25) is 5.91 Å². The third kappa shape index (κ3) is 4.49. The molecular formula is C13H20N2O2S. The van der Waals surface area contributed by atoms with Crippen molar-refractivity contribution in [3.63, 3.8) is 0 Å². The van der Waals surface area contributed by atoms with Gasteiger partial charge in [-0.1, -0.05) is 19.9 Å². The number of hydrogen-bond donors (Lipinski definition) is 2. The van der Waals surface area contributed by atoms with Gasteiger partial charge in [0.1, 0.15) is 5.75 Å². The molecule has 0 aliphatic heterocycles. The fraction of sp³-hybridized carbons (Fsp3) is 0.462. The first kappa shape index (κ1) is 14.7. The molecule has 1 amide bonds. The summed E-state index contributed by atoms with van der Waals surface area (Å²) in [5, 5.41) is 2.74. The molecule has 0 spiro atoms. The fourth-order valence-electron chi connectivity index (χ4n) is 1.55. The first-order valence-electron chi connectivity index (χ1n) is 5.90. The van der Waals surface area contributed by atoms with Gasteiger partial charge in [-0.2, -0.15) is 0 Å². The standard InChI is InChI=1S/C13H20N2O2S/c1-9(2)7-18(17)8-13(16)15-12-6-4-5-11(14)10(12)3/h4-6,9H,7-8,14H2,1-3H3,(H,15,16). The SMILES string of the molecule is Cc1c(N)cccc1NC(=O)CS(=O)CC(C)C. The number of nitrogens with one attached hydrogen (secondary N) is 1. The van der Waals surface area contributed by atoms with Gasteiger partial charge in [0.05, 0.1) is 0 Å². The van der Waals surface area contributed by atoms with E-state index in [1.807, 2.05) is 20.8 Å². The summed E-state index contributed by atoms with van der Waals surface area (Å²) in [4.78, 5) is 11.7. The Morgan fingerprint density at radius 3 is 2.72 bits per heavy atom. The summed E-state index contributed by atoms with van der Waals surface area (Å²) < 4.78 is 11.6. The van der Waals surface area contributed by atoms with E-state index in [9.17, 15) is 9.00 Å². The van der Waals surface area contributed by atoms with Crippen molar-refractivity contribution in [2.45, 2.75) is 20.8 Å². The molecule has 1 unspecified atom stereocenters. The smallest absolute Gasteiger partial charge is 0.236 e. The summed E-state index contributed by atoms with van der Waals surface area (Å²) >= 11 is 0. The number of rotatable bonds is 5. The number of carbonyl (C=O) groups excluding carboxylic acids is 1. The van der Waals surface area contributed by atoms with E-state index in [1.54, 1.807) is 18.2 Å². The Morgan fingerprint density at radius 2 is 2.11 bits per heavy atom. The lowest BCUT2D eigenvalue weighted by Gasteiger charge is -2.10. The van der Waals surface area contributed by atoms with Crippen LogP contribution in [0.4, 0.5) is 11.4 Å². The maximum absolute atomic E-state index is 11.7. The molecule has 4 nitrogen and oxygen atoms in total. The van der Waals surface area contributed by atoms with Crippen molar-refractivity contribution in [1.29, 1.82) is 0 Å². The van der Waals surface area contributed by atoms with Crippen molar-refractivity contribution >= 4 is 28.1 Å². The number of anilines is 2. The molecule has 5 heteroatoms. The first-order chi connectivity index (χ1) is 8.40. The summed E-state index contributed by atoms with van der Waals surface area (Å²) in [6.45, 7) is 5.81. The molecule has 1 rings (SSSR count). The van der Waals surface area contributed by atoms with Crippen molar-refractivity contribution in [2.75, 3.05) is 22.6 Å². The summed E-state index contributed by atoms with van der Waals surface area (Å²) in [6.07, 6.45) is 0. The Labute approximate surface area is 110 Å². The van der Waals surface area contributed by atoms with Gasteiger partial charge < -0.3 is 11.1 Å². The molecule has 0 heterocycles. The molecule has 0 aliphatic carbocycles. The van der Waals surface area contributed by atoms with E-state index >= 15 is 0 Å². The molecule has 18 heavy (non-hydrogen) atoms. The van der Waals surface area contributed by atoms with Crippen molar-refractivity contribution in [2.24, 2.45) is 5.92 Å². The molecule has 0 fully saturated rings. The van der Waals surface area contributed by atoms with Crippen LogP contribution >= 0.6 is 0 Å². The molecule has 0 aromatic heterocycles. The first-order valence-corrected chi connectivity index (χ1v) is 7.39. The number of nitrogens with two attached hydrogens (primary N) is 1. The van der Waals surface area contributed by atoms with Crippen molar-refractivity contribution in [1.82, 2.24) is 0 Å². The summed E-state index contributed by atoms with van der Waals surface area (Å²) in [6, 6.07) is 5.35. The van der Waals surface area contributed by atoms with Gasteiger partial charge >= 0.3 is 0 Å². The zero-order valence-electron chi connectivity index (χ0n) is 11.0. The van der Waals surface area contributed by atoms with Gasteiger partial charge in [0.15, 0.2) is 0 Å². The lowest BCUT2D eigenvalue weighted by Crippen LogP contribution is -2.22. The van der Waals surface area contributed by atoms with Gasteiger partial charge in [-0.05, 0) is 30.5 Å². The largest absolute Gasteiger partial charge is 0.398 e. The van der Waals surface area contributed by atoms with Crippen molar-refractivity contribution in [3.05, 3.63) is 23.8 Å². The molecule has 100 valence electrons. The maximum atomic E-state index is 11.7. The highest BCUT2D eigenvalue weighted by molar-refractivity contribution is 7.85. The Hall–Kier alpha value is -1.36. The maximum Gasteiger partial charge on any atom is 0.236 e. The molecule has 1 aromatic rings. The van der Waals surface area contributed by atoms with Gasteiger partial charge in [-0.3, -0.25) is 9.00 Å². The Morgan fingerprint density at radius 1 is 1.44 bits per heavy atom. The third-order valence-electron chi connectivity index (χ3n) is 2.46. The predicted molar refractivity (Wildman–Crippen MR) is 76.9 cm³/mol. The second-order valence-electron chi connectivity index (χ2n) is 4.71. The summed E-state index contributed by atoms with van der Waals surface area (Å²) in [5.74, 6) is 0.672. The number of amides is 1. The molecular weight excluding hydrogens is 248 g/mol. The number of benzene rings is 1. The minimum absolute atomic E-state index is 0.0341. The second-order valence-corrected chi connectivity index (χ2v) is 6.21. The van der Waals surface area contributed by atoms with Crippen LogP contribution in [-0.2, 0) is 15.6 Å². The quantitative estimate of drug-likeness (QED) is 0.801. The minimum atomic E-state index is -1.11. The molecule has 0 saturated heterocycles. The van der Waals surface area contributed by atoms with E-state index in [4.69, 9.17) is 5.73 Å². The molecule has 3 N–H and O–H groups in total. The molecule has 0 saturated carbocycles. The number of nitrogen functional groups attached to an aromatic ring is 1. The topological polar surface area (TPSA) is 72.2 Å². The van der Waals surface area contributed by atoms with Crippen LogP contribution in [0, 0.1) is 12.8 Å². The molecule has 0 radical (unpaired) electrons. The van der Waals surface area contributed by atoms with Crippen molar-refractivity contribution in [3.8, 4) is 0 Å². The zero-order chi connectivity index (χ0) is 13.7. The number of carbonyl (C=O) groups is 1. The predicted octanol–water partition coefficient (Wildman–Crippen LogP) is 1.92. The van der Waals surface area contributed by atoms with Gasteiger partial charge in [0.25, 0.3) is 0 Å². The van der Waals surface area contributed by atoms with Crippen LogP contribution in [0.2, 0.25) is 0 Å². The fourth-order valence-corrected chi connectivity index (χ4v) is 2.78. The monoisotopic (exact) mass is 268 g/mol. The molecule has 1 atom stereocenters. The molecule has 0 bridgehead atoms. The highest BCUT2D eigenvalue weighted by Gasteiger charge is 2.11. The lowest BCUT2D eigenvalue weighted by molar-refractivity contribution is -0.113. The van der Waals surface area contributed by atoms with Crippen LogP contribution in [0.5, 0.6) is 0 Å². The Kier molecular flexibility index (Phi) is 5.34. The Bertz CT molecular complexity index is 458.